The van der Waals surface area contributed by atoms with E-state index in [1.807, 2.05) is 24.3 Å². The molecule has 0 saturated carbocycles. The number of anilines is 1. The molecule has 3 aromatic carbocycles. The molecule has 5 nitrogen and oxygen atoms in total. The van der Waals surface area contributed by atoms with Gasteiger partial charge in [-0.3, -0.25) is 4.79 Å². The summed E-state index contributed by atoms with van der Waals surface area (Å²) in [6.07, 6.45) is -0.0460. The average molecular weight is 423 g/mol. The summed E-state index contributed by atoms with van der Waals surface area (Å²) in [7, 11) is -3.71. The standard InChI is InChI=1S/C19H16Cl2N2O3S/c20-16-6-3-7-17(19(16)21)23-18(24)10-11-22-27(25,26)15-9-8-13-4-1-2-5-14(13)12-15/h1-9,12,22H,10-11H2,(H,23,24). The molecule has 0 unspecified atom stereocenters. The number of sulfonamides is 1. The second kappa shape index (κ2) is 8.27. The van der Waals surface area contributed by atoms with E-state index in [0.29, 0.717) is 10.7 Å². The summed E-state index contributed by atoms with van der Waals surface area (Å²) >= 11 is 11.9. The maximum absolute atomic E-state index is 12.4. The summed E-state index contributed by atoms with van der Waals surface area (Å²) in [5.41, 5.74) is 0.381. The Labute approximate surface area is 167 Å². The molecule has 0 saturated heterocycles. The summed E-state index contributed by atoms with van der Waals surface area (Å²) in [5, 5.41) is 4.96. The van der Waals surface area contributed by atoms with Gasteiger partial charge in [-0.25, -0.2) is 13.1 Å². The van der Waals surface area contributed by atoms with Crippen molar-refractivity contribution in [3.8, 4) is 0 Å². The van der Waals surface area contributed by atoms with E-state index in [0.717, 1.165) is 10.8 Å². The summed E-state index contributed by atoms with van der Waals surface area (Å²) in [6.45, 7) is -0.0425. The third-order valence-corrected chi connectivity index (χ3v) is 6.18. The zero-order valence-electron chi connectivity index (χ0n) is 14.1. The number of halogens is 2. The van der Waals surface area contributed by atoms with Crippen LogP contribution >= 0.6 is 23.2 Å². The van der Waals surface area contributed by atoms with Gasteiger partial charge in [-0.1, -0.05) is 59.6 Å². The molecule has 2 N–H and O–H groups in total. The van der Waals surface area contributed by atoms with Gasteiger partial charge in [0.2, 0.25) is 15.9 Å². The molecule has 0 spiro atoms. The van der Waals surface area contributed by atoms with Crippen molar-refractivity contribution in [1.29, 1.82) is 0 Å². The number of amides is 1. The molecule has 0 aliphatic rings. The van der Waals surface area contributed by atoms with Crippen molar-refractivity contribution in [1.82, 2.24) is 4.72 Å². The van der Waals surface area contributed by atoms with E-state index in [9.17, 15) is 13.2 Å². The third-order valence-electron chi connectivity index (χ3n) is 3.90. The van der Waals surface area contributed by atoms with Gasteiger partial charge in [0, 0.05) is 13.0 Å². The van der Waals surface area contributed by atoms with Crippen molar-refractivity contribution in [2.45, 2.75) is 11.3 Å². The first-order valence-corrected chi connectivity index (χ1v) is 10.3. The molecule has 1 amide bonds. The number of fused-ring (bicyclic) bond motifs is 1. The topological polar surface area (TPSA) is 75.3 Å². The first-order chi connectivity index (χ1) is 12.9. The van der Waals surface area contributed by atoms with E-state index in [2.05, 4.69) is 10.0 Å². The van der Waals surface area contributed by atoms with Crippen LogP contribution in [-0.2, 0) is 14.8 Å². The minimum atomic E-state index is -3.71. The Morgan fingerprint density at radius 2 is 1.67 bits per heavy atom. The normalized spacial score (nSPS) is 11.5. The molecule has 0 radical (unpaired) electrons. The van der Waals surface area contributed by atoms with Crippen molar-refractivity contribution in [2.24, 2.45) is 0 Å². The molecule has 3 aromatic rings. The molecule has 0 aliphatic carbocycles. The van der Waals surface area contributed by atoms with E-state index < -0.39 is 10.0 Å². The SMILES string of the molecule is O=C(CCNS(=O)(=O)c1ccc2ccccc2c1)Nc1cccc(Cl)c1Cl. The van der Waals surface area contributed by atoms with Crippen LogP contribution in [0.2, 0.25) is 10.0 Å². The Bertz CT molecular complexity index is 1100. The van der Waals surface area contributed by atoms with Crippen molar-refractivity contribution < 1.29 is 13.2 Å². The summed E-state index contributed by atoms with van der Waals surface area (Å²) in [6, 6.07) is 17.3. The van der Waals surface area contributed by atoms with Crippen LogP contribution in [-0.4, -0.2) is 20.9 Å². The molecule has 27 heavy (non-hydrogen) atoms. The lowest BCUT2D eigenvalue weighted by molar-refractivity contribution is -0.116. The van der Waals surface area contributed by atoms with Gasteiger partial charge in [0.1, 0.15) is 0 Å². The van der Waals surface area contributed by atoms with Crippen molar-refractivity contribution >= 4 is 55.6 Å². The van der Waals surface area contributed by atoms with Gasteiger partial charge in [0.05, 0.1) is 20.6 Å². The summed E-state index contributed by atoms with van der Waals surface area (Å²) in [4.78, 5) is 12.2. The fourth-order valence-electron chi connectivity index (χ4n) is 2.53. The monoisotopic (exact) mass is 422 g/mol. The van der Waals surface area contributed by atoms with E-state index in [-0.39, 0.29) is 28.8 Å². The zero-order valence-corrected chi connectivity index (χ0v) is 16.4. The maximum Gasteiger partial charge on any atom is 0.240 e. The molecule has 8 heteroatoms. The largest absolute Gasteiger partial charge is 0.325 e. The number of carbonyl (C=O) groups is 1. The van der Waals surface area contributed by atoms with Crippen molar-refractivity contribution in [3.63, 3.8) is 0 Å². The van der Waals surface area contributed by atoms with E-state index >= 15 is 0 Å². The van der Waals surface area contributed by atoms with Crippen LogP contribution in [0.15, 0.2) is 65.6 Å². The minimum absolute atomic E-state index is 0.0425. The number of hydrogen-bond acceptors (Lipinski definition) is 3. The van der Waals surface area contributed by atoms with Gasteiger partial charge in [-0.2, -0.15) is 0 Å². The Hall–Kier alpha value is -2.12. The van der Waals surface area contributed by atoms with Gasteiger partial charge in [0.15, 0.2) is 0 Å². The van der Waals surface area contributed by atoms with E-state index in [1.165, 1.54) is 6.07 Å². The highest BCUT2D eigenvalue weighted by Crippen LogP contribution is 2.29. The van der Waals surface area contributed by atoms with Crippen LogP contribution in [0.5, 0.6) is 0 Å². The molecule has 0 fully saturated rings. The first-order valence-electron chi connectivity index (χ1n) is 8.09. The highest BCUT2D eigenvalue weighted by Gasteiger charge is 2.15. The first kappa shape index (κ1) is 19.6. The molecule has 140 valence electrons. The fraction of sp³-hybridized carbons (Fsp3) is 0.105. The van der Waals surface area contributed by atoms with Gasteiger partial charge in [-0.15, -0.1) is 0 Å². The second-order valence-electron chi connectivity index (χ2n) is 5.81. The molecule has 0 heterocycles. The number of rotatable bonds is 6. The third kappa shape index (κ3) is 4.78. The molecule has 0 bridgehead atoms. The molecule has 0 aliphatic heterocycles. The second-order valence-corrected chi connectivity index (χ2v) is 8.36. The molecule has 0 atom stereocenters. The predicted molar refractivity (Wildman–Crippen MR) is 109 cm³/mol. The summed E-state index contributed by atoms with van der Waals surface area (Å²) < 4.78 is 27.3. The molecule has 0 aromatic heterocycles. The van der Waals surface area contributed by atoms with Crippen LogP contribution < -0.4 is 10.0 Å². The van der Waals surface area contributed by atoms with Gasteiger partial charge >= 0.3 is 0 Å². The van der Waals surface area contributed by atoms with E-state index in [1.54, 1.807) is 30.3 Å². The number of nitrogens with one attached hydrogen (secondary N) is 2. The predicted octanol–water partition coefficient (Wildman–Crippen LogP) is 4.45. The Kier molecular flexibility index (Phi) is 6.01. The highest BCUT2D eigenvalue weighted by molar-refractivity contribution is 7.89. The molecular formula is C19H16Cl2N2O3S. The maximum atomic E-state index is 12.4. The smallest absolute Gasteiger partial charge is 0.240 e. The Balaban J connectivity index is 1.61. The van der Waals surface area contributed by atoms with Gasteiger partial charge in [0.25, 0.3) is 0 Å². The highest BCUT2D eigenvalue weighted by atomic mass is 35.5. The number of carbonyl (C=O) groups excluding carboxylic acids is 1. The minimum Gasteiger partial charge on any atom is -0.325 e. The van der Waals surface area contributed by atoms with Crippen LogP contribution in [0.3, 0.4) is 0 Å². The Morgan fingerprint density at radius 1 is 0.926 bits per heavy atom. The summed E-state index contributed by atoms with van der Waals surface area (Å²) in [5.74, 6) is -0.375. The van der Waals surface area contributed by atoms with E-state index in [4.69, 9.17) is 23.2 Å². The average Bonchev–Trinajstić information content (AvgIpc) is 2.65. The zero-order chi connectivity index (χ0) is 19.4. The lowest BCUT2D eigenvalue weighted by atomic mass is 10.1. The van der Waals surface area contributed by atoms with Crippen LogP contribution in [0, 0.1) is 0 Å². The van der Waals surface area contributed by atoms with Crippen LogP contribution in [0.25, 0.3) is 10.8 Å². The quantitative estimate of drug-likeness (QED) is 0.615. The molecule has 3 rings (SSSR count). The fourth-order valence-corrected chi connectivity index (χ4v) is 3.94. The van der Waals surface area contributed by atoms with Gasteiger partial charge < -0.3 is 5.32 Å². The lowest BCUT2D eigenvalue weighted by Gasteiger charge is -2.10. The van der Waals surface area contributed by atoms with Crippen LogP contribution in [0.1, 0.15) is 6.42 Å². The number of benzene rings is 3. The van der Waals surface area contributed by atoms with Crippen molar-refractivity contribution in [3.05, 3.63) is 70.7 Å². The lowest BCUT2D eigenvalue weighted by Crippen LogP contribution is -2.27. The molecular weight excluding hydrogens is 407 g/mol. The Morgan fingerprint density at radius 3 is 2.44 bits per heavy atom. The van der Waals surface area contributed by atoms with Crippen molar-refractivity contribution in [2.75, 3.05) is 11.9 Å². The number of hydrogen-bond donors (Lipinski definition) is 2. The van der Waals surface area contributed by atoms with Gasteiger partial charge in [-0.05, 0) is 35.0 Å². The van der Waals surface area contributed by atoms with Crippen LogP contribution in [0.4, 0.5) is 5.69 Å².